The molecular weight excluding hydrogens is 296 g/mol. The second kappa shape index (κ2) is 10.9. The maximum atomic E-state index is 11.6. The lowest BCUT2D eigenvalue weighted by Crippen LogP contribution is -2.46. The van der Waals surface area contributed by atoms with Crippen molar-refractivity contribution in [1.29, 1.82) is 0 Å². The van der Waals surface area contributed by atoms with Gasteiger partial charge in [0.15, 0.2) is 0 Å². The van der Waals surface area contributed by atoms with Gasteiger partial charge in [0.05, 0.1) is 23.8 Å². The predicted octanol–water partition coefficient (Wildman–Crippen LogP) is 0.793. The fourth-order valence-electron chi connectivity index (χ4n) is 2.61. The summed E-state index contributed by atoms with van der Waals surface area (Å²) in [7, 11) is 3.49. The molecule has 0 saturated carbocycles. The number of hydrogen-bond donors (Lipinski definition) is 4. The first kappa shape index (κ1) is 22.2. The lowest BCUT2D eigenvalue weighted by atomic mass is 9.89. The zero-order valence-corrected chi connectivity index (χ0v) is 15.2. The summed E-state index contributed by atoms with van der Waals surface area (Å²) >= 11 is 0. The van der Waals surface area contributed by atoms with Crippen molar-refractivity contribution in [2.24, 2.45) is 0 Å². The molecule has 0 aromatic heterocycles. The second-order valence-corrected chi connectivity index (χ2v) is 6.55. The van der Waals surface area contributed by atoms with E-state index in [2.05, 4.69) is 10.6 Å². The highest BCUT2D eigenvalue weighted by Gasteiger charge is 2.27. The zero-order chi connectivity index (χ0) is 18.0. The number of hydrogen-bond acceptors (Lipinski definition) is 6. The molecule has 0 rings (SSSR count). The van der Waals surface area contributed by atoms with Crippen LogP contribution in [0.3, 0.4) is 0 Å². The van der Waals surface area contributed by atoms with Gasteiger partial charge >= 0.3 is 0 Å². The largest absolute Gasteiger partial charge is 0.390 e. The minimum Gasteiger partial charge on any atom is -0.390 e. The van der Waals surface area contributed by atoms with Crippen LogP contribution in [0.1, 0.15) is 59.3 Å². The molecule has 6 nitrogen and oxygen atoms in total. The number of aliphatic hydroxyl groups is 2. The van der Waals surface area contributed by atoms with Crippen LogP contribution in [-0.4, -0.2) is 59.7 Å². The Hall–Kier alpha value is -0.820. The van der Waals surface area contributed by atoms with Crippen molar-refractivity contribution < 1.29 is 19.8 Å². The van der Waals surface area contributed by atoms with Gasteiger partial charge < -0.3 is 20.8 Å². The third-order valence-electron chi connectivity index (χ3n) is 4.78. The van der Waals surface area contributed by atoms with Crippen molar-refractivity contribution in [1.82, 2.24) is 10.6 Å². The monoisotopic (exact) mass is 330 g/mol. The van der Waals surface area contributed by atoms with Crippen molar-refractivity contribution in [3.63, 3.8) is 0 Å². The SMILES string of the molecule is CNC(CCCC(O)C(O)CCCC(C)(NC)C(C)=O)C(C)=O. The topological polar surface area (TPSA) is 98.7 Å². The number of aliphatic hydroxyl groups excluding tert-OH is 2. The van der Waals surface area contributed by atoms with E-state index in [1.54, 1.807) is 27.9 Å². The molecule has 0 aliphatic rings. The third-order valence-corrected chi connectivity index (χ3v) is 4.78. The number of nitrogens with one attached hydrogen (secondary N) is 2. The van der Waals surface area contributed by atoms with E-state index in [9.17, 15) is 19.8 Å². The smallest absolute Gasteiger partial charge is 0.149 e. The quantitative estimate of drug-likeness (QED) is 0.399. The van der Waals surface area contributed by atoms with E-state index in [0.29, 0.717) is 38.5 Å². The minimum atomic E-state index is -0.798. The molecule has 4 atom stereocenters. The Morgan fingerprint density at radius 1 is 1.00 bits per heavy atom. The Balaban J connectivity index is 4.09. The summed E-state index contributed by atoms with van der Waals surface area (Å²) in [6, 6.07) is -0.189. The molecule has 0 aromatic carbocycles. The van der Waals surface area contributed by atoms with E-state index in [-0.39, 0.29) is 17.6 Å². The van der Waals surface area contributed by atoms with Crippen LogP contribution in [0.15, 0.2) is 0 Å². The molecular formula is C17H34N2O4. The molecule has 0 bridgehead atoms. The molecule has 0 saturated heterocycles. The minimum absolute atomic E-state index is 0.0670. The molecule has 4 N–H and O–H groups in total. The lowest BCUT2D eigenvalue weighted by molar-refractivity contribution is -0.123. The molecule has 0 heterocycles. The van der Waals surface area contributed by atoms with Crippen molar-refractivity contribution in [2.75, 3.05) is 14.1 Å². The van der Waals surface area contributed by atoms with Gasteiger partial charge in [-0.05, 0) is 73.4 Å². The molecule has 0 spiro atoms. The summed E-state index contributed by atoms with van der Waals surface area (Å²) in [5.41, 5.74) is -0.577. The van der Waals surface area contributed by atoms with Crippen LogP contribution in [0.5, 0.6) is 0 Å². The van der Waals surface area contributed by atoms with Crippen LogP contribution in [0.25, 0.3) is 0 Å². The molecule has 0 aromatic rings. The van der Waals surface area contributed by atoms with E-state index in [1.807, 2.05) is 6.92 Å². The lowest BCUT2D eigenvalue weighted by Gasteiger charge is -2.27. The van der Waals surface area contributed by atoms with Gasteiger partial charge in [-0.2, -0.15) is 0 Å². The molecule has 0 amide bonds. The van der Waals surface area contributed by atoms with Gasteiger partial charge in [0.2, 0.25) is 0 Å². The number of ketones is 2. The first-order valence-corrected chi connectivity index (χ1v) is 8.41. The molecule has 4 unspecified atom stereocenters. The summed E-state index contributed by atoms with van der Waals surface area (Å²) in [4.78, 5) is 22.9. The van der Waals surface area contributed by atoms with Crippen molar-refractivity contribution in [3.05, 3.63) is 0 Å². The van der Waals surface area contributed by atoms with E-state index < -0.39 is 17.7 Å². The van der Waals surface area contributed by atoms with Crippen molar-refractivity contribution in [2.45, 2.75) is 83.1 Å². The highest BCUT2D eigenvalue weighted by Crippen LogP contribution is 2.18. The Morgan fingerprint density at radius 2 is 1.52 bits per heavy atom. The highest BCUT2D eigenvalue weighted by atomic mass is 16.3. The molecule has 0 radical (unpaired) electrons. The van der Waals surface area contributed by atoms with E-state index in [4.69, 9.17) is 0 Å². The normalized spacial score (nSPS) is 18.0. The number of rotatable bonds is 13. The summed E-state index contributed by atoms with van der Waals surface area (Å²) in [5.74, 6) is 0.149. The van der Waals surface area contributed by atoms with Crippen LogP contribution < -0.4 is 10.6 Å². The third kappa shape index (κ3) is 8.01. The zero-order valence-electron chi connectivity index (χ0n) is 15.2. The van der Waals surface area contributed by atoms with E-state index in [1.165, 1.54) is 0 Å². The summed E-state index contributed by atoms with van der Waals surface area (Å²) in [6.07, 6.45) is 1.92. The first-order chi connectivity index (χ1) is 10.7. The fraction of sp³-hybridized carbons (Fsp3) is 0.882. The van der Waals surface area contributed by atoms with Crippen LogP contribution in [0.4, 0.5) is 0 Å². The molecule has 0 aliphatic heterocycles. The van der Waals surface area contributed by atoms with Crippen LogP contribution in [0.2, 0.25) is 0 Å². The van der Waals surface area contributed by atoms with Gasteiger partial charge in [0.25, 0.3) is 0 Å². The van der Waals surface area contributed by atoms with E-state index in [0.717, 1.165) is 0 Å². The Bertz CT molecular complexity index is 376. The summed E-state index contributed by atoms with van der Waals surface area (Å²) in [6.45, 7) is 4.94. The van der Waals surface area contributed by atoms with Gasteiger partial charge in [-0.1, -0.05) is 0 Å². The molecule has 0 fully saturated rings. The molecule has 0 aliphatic carbocycles. The molecule has 136 valence electrons. The van der Waals surface area contributed by atoms with Crippen LogP contribution in [-0.2, 0) is 9.59 Å². The Morgan fingerprint density at radius 3 is 1.91 bits per heavy atom. The molecule has 23 heavy (non-hydrogen) atoms. The van der Waals surface area contributed by atoms with Gasteiger partial charge in [0, 0.05) is 0 Å². The van der Waals surface area contributed by atoms with Gasteiger partial charge in [0.1, 0.15) is 11.6 Å². The Kier molecular flexibility index (Phi) is 10.5. The standard InChI is InChI=1S/C17H34N2O4/c1-12(20)14(18-4)8-6-9-15(22)16(23)10-7-11-17(3,19-5)13(2)21/h14-16,18-19,22-23H,6-11H2,1-5H3. The number of carbonyl (C=O) groups is 2. The number of carbonyl (C=O) groups excluding carboxylic acids is 2. The Labute approximate surface area is 140 Å². The van der Waals surface area contributed by atoms with Gasteiger partial charge in [-0.25, -0.2) is 0 Å². The number of Topliss-reactive ketones (excluding diaryl/α,β-unsaturated/α-hetero) is 2. The second-order valence-electron chi connectivity index (χ2n) is 6.55. The van der Waals surface area contributed by atoms with Crippen molar-refractivity contribution >= 4 is 11.6 Å². The van der Waals surface area contributed by atoms with Crippen LogP contribution in [0, 0.1) is 0 Å². The predicted molar refractivity (Wildman–Crippen MR) is 91.4 cm³/mol. The first-order valence-electron chi connectivity index (χ1n) is 8.41. The average Bonchev–Trinajstić information content (AvgIpc) is 2.50. The maximum Gasteiger partial charge on any atom is 0.149 e. The van der Waals surface area contributed by atoms with Crippen LogP contribution >= 0.6 is 0 Å². The van der Waals surface area contributed by atoms with E-state index >= 15 is 0 Å². The van der Waals surface area contributed by atoms with Crippen molar-refractivity contribution in [3.8, 4) is 0 Å². The summed E-state index contributed by atoms with van der Waals surface area (Å²) in [5, 5.41) is 26.0. The van der Waals surface area contributed by atoms with Gasteiger partial charge in [-0.15, -0.1) is 0 Å². The highest BCUT2D eigenvalue weighted by molar-refractivity contribution is 5.85. The summed E-state index contributed by atoms with van der Waals surface area (Å²) < 4.78 is 0. The maximum absolute atomic E-state index is 11.6. The van der Waals surface area contributed by atoms with Gasteiger partial charge in [-0.3, -0.25) is 9.59 Å². The average molecular weight is 330 g/mol. The fourth-order valence-corrected chi connectivity index (χ4v) is 2.61. The number of likely N-dealkylation sites (N-methyl/N-ethyl adjacent to an activating group) is 2. The molecule has 6 heteroatoms.